The Hall–Kier alpha value is -2.65. The van der Waals surface area contributed by atoms with Crippen molar-refractivity contribution in [2.75, 3.05) is 40.5 Å². The molecule has 0 bridgehead atoms. The first-order valence-electron chi connectivity index (χ1n) is 11.3. The van der Waals surface area contributed by atoms with Gasteiger partial charge in [0.05, 0.1) is 13.2 Å². The largest absolute Gasteiger partial charge is 0.497 e. The normalized spacial score (nSPS) is 18.2. The van der Waals surface area contributed by atoms with Crippen LogP contribution in [0.4, 0.5) is 0 Å². The van der Waals surface area contributed by atoms with Gasteiger partial charge in [0.2, 0.25) is 17.7 Å². The predicted molar refractivity (Wildman–Crippen MR) is 125 cm³/mol. The molecule has 9 nitrogen and oxygen atoms in total. The highest BCUT2D eigenvalue weighted by Crippen LogP contribution is 2.28. The average Bonchev–Trinajstić information content (AvgIpc) is 3.20. The van der Waals surface area contributed by atoms with E-state index in [9.17, 15) is 14.4 Å². The number of ether oxygens (including phenoxy) is 2. The zero-order valence-corrected chi connectivity index (χ0v) is 20.4. The van der Waals surface area contributed by atoms with Crippen molar-refractivity contribution in [1.29, 1.82) is 0 Å². The lowest BCUT2D eigenvalue weighted by atomic mass is 9.91. The molecule has 9 heteroatoms. The van der Waals surface area contributed by atoms with Crippen LogP contribution in [0.1, 0.15) is 39.2 Å². The monoisotopic (exact) mass is 462 g/mol. The Morgan fingerprint density at radius 1 is 1.24 bits per heavy atom. The lowest BCUT2D eigenvalue weighted by Crippen LogP contribution is -2.48. The van der Waals surface area contributed by atoms with Crippen LogP contribution >= 0.6 is 0 Å². The molecule has 3 N–H and O–H groups in total. The molecule has 1 saturated heterocycles. The highest BCUT2D eigenvalue weighted by Gasteiger charge is 2.43. The van der Waals surface area contributed by atoms with Crippen molar-refractivity contribution >= 4 is 17.7 Å². The first kappa shape index (κ1) is 26.6. The Morgan fingerprint density at radius 3 is 2.58 bits per heavy atom. The highest BCUT2D eigenvalue weighted by atomic mass is 16.5. The molecule has 2 atom stereocenters. The number of methoxy groups -OCH3 is 2. The quantitative estimate of drug-likeness (QED) is 0.539. The van der Waals surface area contributed by atoms with Crippen molar-refractivity contribution in [3.8, 4) is 5.75 Å². The van der Waals surface area contributed by atoms with Crippen molar-refractivity contribution in [2.24, 2.45) is 11.1 Å². The fourth-order valence-electron chi connectivity index (χ4n) is 4.03. The molecule has 1 aliphatic rings. The number of amides is 3. The molecule has 3 amide bonds. The van der Waals surface area contributed by atoms with Crippen LogP contribution in [-0.4, -0.2) is 80.1 Å². The van der Waals surface area contributed by atoms with E-state index in [1.165, 1.54) is 12.0 Å². The summed E-state index contributed by atoms with van der Waals surface area (Å²) in [5.41, 5.74) is 6.24. The van der Waals surface area contributed by atoms with Crippen LogP contribution < -0.4 is 15.8 Å². The van der Waals surface area contributed by atoms with Gasteiger partial charge in [-0.2, -0.15) is 0 Å². The highest BCUT2D eigenvalue weighted by molar-refractivity contribution is 5.89. The average molecular weight is 463 g/mol. The van der Waals surface area contributed by atoms with Crippen LogP contribution in [0.15, 0.2) is 24.3 Å². The maximum atomic E-state index is 13.4. The maximum absolute atomic E-state index is 13.4. The summed E-state index contributed by atoms with van der Waals surface area (Å²) >= 11 is 0. The first-order valence-corrected chi connectivity index (χ1v) is 11.3. The summed E-state index contributed by atoms with van der Waals surface area (Å²) in [5.74, 6) is 0.144. The molecule has 1 aromatic rings. The minimum atomic E-state index is -0.681. The van der Waals surface area contributed by atoms with E-state index < -0.39 is 6.04 Å². The Morgan fingerprint density at radius 2 is 1.97 bits per heavy atom. The Kier molecular flexibility index (Phi) is 9.67. The molecule has 33 heavy (non-hydrogen) atoms. The SMILES string of the molecule is COCC(=O)N1CC(N(Cc2cccc(OC)c2)C(=O)CC(C)(C)C)CC1C(=O)NCCN. The number of benzene rings is 1. The van der Waals surface area contributed by atoms with E-state index in [2.05, 4.69) is 5.32 Å². The first-order chi connectivity index (χ1) is 15.6. The van der Waals surface area contributed by atoms with Crippen molar-refractivity contribution in [3.05, 3.63) is 29.8 Å². The Balaban J connectivity index is 2.33. The molecular formula is C24H38N4O5. The van der Waals surface area contributed by atoms with Gasteiger partial charge < -0.3 is 30.3 Å². The molecule has 2 rings (SSSR count). The maximum Gasteiger partial charge on any atom is 0.249 e. The van der Waals surface area contributed by atoms with Gasteiger partial charge in [0.15, 0.2) is 0 Å². The molecule has 0 radical (unpaired) electrons. The molecule has 0 aromatic heterocycles. The lowest BCUT2D eigenvalue weighted by molar-refractivity contribution is -0.141. The Labute approximate surface area is 196 Å². The molecule has 0 saturated carbocycles. The summed E-state index contributed by atoms with van der Waals surface area (Å²) in [7, 11) is 3.04. The molecule has 1 fully saturated rings. The summed E-state index contributed by atoms with van der Waals surface area (Å²) < 4.78 is 10.3. The van der Waals surface area contributed by atoms with Crippen LogP contribution in [-0.2, 0) is 25.7 Å². The third-order valence-electron chi connectivity index (χ3n) is 5.54. The number of nitrogens with zero attached hydrogens (tertiary/aromatic N) is 2. The van der Waals surface area contributed by atoms with Crippen molar-refractivity contribution in [2.45, 2.75) is 52.2 Å². The number of rotatable bonds is 10. The van der Waals surface area contributed by atoms with Gasteiger partial charge in [0.1, 0.15) is 18.4 Å². The molecular weight excluding hydrogens is 424 g/mol. The van der Waals surface area contributed by atoms with Crippen LogP contribution in [0.2, 0.25) is 0 Å². The standard InChI is InChI=1S/C24H38N4O5/c1-24(2,3)13-21(29)27(14-17-7-6-8-19(11-17)33-5)18-12-20(23(31)26-10-9-25)28(15-18)22(30)16-32-4/h6-8,11,18,20H,9-10,12-16,25H2,1-5H3,(H,26,31). The van der Waals surface area contributed by atoms with Crippen LogP contribution in [0, 0.1) is 5.41 Å². The number of carbonyl (C=O) groups is 3. The fourth-order valence-corrected chi connectivity index (χ4v) is 4.03. The number of hydrogen-bond acceptors (Lipinski definition) is 6. The minimum absolute atomic E-state index is 0.0162. The number of nitrogens with two attached hydrogens (primary N) is 1. The zero-order chi connectivity index (χ0) is 24.6. The molecule has 184 valence electrons. The fraction of sp³-hybridized carbons (Fsp3) is 0.625. The molecule has 0 aliphatic carbocycles. The minimum Gasteiger partial charge on any atom is -0.497 e. The predicted octanol–water partition coefficient (Wildman–Crippen LogP) is 1.15. The van der Waals surface area contributed by atoms with Crippen LogP contribution in [0.25, 0.3) is 0 Å². The molecule has 2 unspecified atom stereocenters. The molecule has 1 aromatic carbocycles. The van der Waals surface area contributed by atoms with E-state index in [1.54, 1.807) is 12.0 Å². The van der Waals surface area contributed by atoms with Gasteiger partial charge in [0.25, 0.3) is 0 Å². The summed E-state index contributed by atoms with van der Waals surface area (Å²) in [6, 6.07) is 6.58. The second kappa shape index (κ2) is 12.0. The van der Waals surface area contributed by atoms with E-state index in [0.29, 0.717) is 38.2 Å². The van der Waals surface area contributed by atoms with Gasteiger partial charge in [0, 0.05) is 39.7 Å². The molecule has 1 heterocycles. The number of likely N-dealkylation sites (tertiary alicyclic amines) is 1. The van der Waals surface area contributed by atoms with Crippen molar-refractivity contribution in [1.82, 2.24) is 15.1 Å². The molecule has 1 aliphatic heterocycles. The third-order valence-corrected chi connectivity index (χ3v) is 5.54. The van der Waals surface area contributed by atoms with Crippen LogP contribution in [0.3, 0.4) is 0 Å². The number of hydrogen-bond donors (Lipinski definition) is 2. The topological polar surface area (TPSA) is 114 Å². The number of carbonyl (C=O) groups excluding carboxylic acids is 3. The van der Waals surface area contributed by atoms with E-state index in [1.807, 2.05) is 45.0 Å². The van der Waals surface area contributed by atoms with E-state index >= 15 is 0 Å². The zero-order valence-electron chi connectivity index (χ0n) is 20.4. The van der Waals surface area contributed by atoms with Gasteiger partial charge in [-0.25, -0.2) is 0 Å². The van der Waals surface area contributed by atoms with Crippen molar-refractivity contribution < 1.29 is 23.9 Å². The summed E-state index contributed by atoms with van der Waals surface area (Å²) in [6.45, 7) is 7.17. The van der Waals surface area contributed by atoms with E-state index in [4.69, 9.17) is 15.2 Å². The van der Waals surface area contributed by atoms with Gasteiger partial charge in [-0.05, 0) is 29.5 Å². The van der Waals surface area contributed by atoms with E-state index in [-0.39, 0.29) is 42.3 Å². The summed E-state index contributed by atoms with van der Waals surface area (Å²) in [4.78, 5) is 42.2. The Bertz CT molecular complexity index is 823. The lowest BCUT2D eigenvalue weighted by Gasteiger charge is -2.32. The van der Waals surface area contributed by atoms with Gasteiger partial charge >= 0.3 is 0 Å². The molecule has 0 spiro atoms. The van der Waals surface area contributed by atoms with Gasteiger partial charge in [-0.15, -0.1) is 0 Å². The van der Waals surface area contributed by atoms with Crippen molar-refractivity contribution in [3.63, 3.8) is 0 Å². The van der Waals surface area contributed by atoms with Crippen LogP contribution in [0.5, 0.6) is 5.75 Å². The third kappa shape index (κ3) is 7.71. The second-order valence-corrected chi connectivity index (χ2v) is 9.57. The number of nitrogens with one attached hydrogen (secondary N) is 1. The van der Waals surface area contributed by atoms with Gasteiger partial charge in [-0.3, -0.25) is 14.4 Å². The smallest absolute Gasteiger partial charge is 0.249 e. The summed E-state index contributed by atoms with van der Waals surface area (Å²) in [6.07, 6.45) is 0.704. The van der Waals surface area contributed by atoms with E-state index in [0.717, 1.165) is 5.56 Å². The second-order valence-electron chi connectivity index (χ2n) is 9.57. The van der Waals surface area contributed by atoms with Gasteiger partial charge in [-0.1, -0.05) is 32.9 Å². The summed E-state index contributed by atoms with van der Waals surface area (Å²) in [5, 5.41) is 2.77.